The molecule has 0 aliphatic carbocycles. The number of nitrogens with one attached hydrogen (secondary N) is 1. The second-order valence-electron chi connectivity index (χ2n) is 7.00. The number of rotatable bonds is 8. The first-order valence-electron chi connectivity index (χ1n) is 9.01. The highest BCUT2D eigenvalue weighted by atomic mass is 32.2. The van der Waals surface area contributed by atoms with Crippen molar-refractivity contribution >= 4 is 21.5 Å². The molecule has 1 atom stereocenters. The van der Waals surface area contributed by atoms with Crippen LogP contribution in [-0.4, -0.2) is 40.9 Å². The number of hydrogen-bond acceptors (Lipinski definition) is 6. The quantitative estimate of drug-likeness (QED) is 0.381. The third kappa shape index (κ3) is 4.80. The summed E-state index contributed by atoms with van der Waals surface area (Å²) in [6.07, 6.45) is 2.64. The minimum atomic E-state index is -3.84. The first-order valence-corrected chi connectivity index (χ1v) is 10.9. The van der Waals surface area contributed by atoms with Crippen molar-refractivity contribution in [2.45, 2.75) is 38.0 Å². The van der Waals surface area contributed by atoms with Crippen LogP contribution < -0.4 is 11.0 Å². The number of ketones is 1. The predicted octanol–water partition coefficient (Wildman–Crippen LogP) is 1.81. The van der Waals surface area contributed by atoms with Crippen molar-refractivity contribution in [2.24, 2.45) is 0 Å². The van der Waals surface area contributed by atoms with Crippen LogP contribution in [0.2, 0.25) is 0 Å². The molecule has 9 heteroatoms. The lowest BCUT2D eigenvalue weighted by Crippen LogP contribution is -2.49. The third-order valence-corrected chi connectivity index (χ3v) is 7.11. The van der Waals surface area contributed by atoms with Gasteiger partial charge in [0.05, 0.1) is 0 Å². The Labute approximate surface area is 169 Å². The lowest BCUT2D eigenvalue weighted by atomic mass is 10.0. The van der Waals surface area contributed by atoms with Crippen LogP contribution in [0.5, 0.6) is 0 Å². The molecule has 1 amide bonds. The summed E-state index contributed by atoms with van der Waals surface area (Å²) in [5.41, 5.74) is 3.04. The predicted molar refractivity (Wildman–Crippen MR) is 109 cm³/mol. The molecule has 0 saturated carbocycles. The maximum atomic E-state index is 12.5. The molecular formula is C20H24N2O6S. The fourth-order valence-electron chi connectivity index (χ4n) is 2.84. The molecule has 0 unspecified atom stereocenters. The van der Waals surface area contributed by atoms with Gasteiger partial charge in [-0.25, -0.2) is 13.9 Å². The first-order chi connectivity index (χ1) is 13.5. The minimum absolute atomic E-state index is 0.0277. The number of pyridine rings is 1. The highest BCUT2D eigenvalue weighted by Crippen LogP contribution is 2.23. The van der Waals surface area contributed by atoms with Gasteiger partial charge >= 0.3 is 0 Å². The highest BCUT2D eigenvalue weighted by Gasteiger charge is 2.43. The van der Waals surface area contributed by atoms with Gasteiger partial charge in [-0.2, -0.15) is 0 Å². The van der Waals surface area contributed by atoms with Gasteiger partial charge in [0.25, 0.3) is 11.5 Å². The molecule has 0 fully saturated rings. The van der Waals surface area contributed by atoms with Crippen molar-refractivity contribution in [1.29, 1.82) is 0 Å². The van der Waals surface area contributed by atoms with Crippen molar-refractivity contribution in [1.82, 2.24) is 10.0 Å². The molecule has 2 aromatic rings. The zero-order chi connectivity index (χ0) is 21.8. The number of aryl methyl sites for hydroxylation is 1. The Hall–Kier alpha value is -2.78. The summed E-state index contributed by atoms with van der Waals surface area (Å²) in [4.78, 5) is 36.0. The molecule has 1 aromatic heterocycles. The van der Waals surface area contributed by atoms with Crippen molar-refractivity contribution in [2.75, 3.05) is 6.26 Å². The van der Waals surface area contributed by atoms with Crippen molar-refractivity contribution in [3.8, 4) is 11.1 Å². The van der Waals surface area contributed by atoms with E-state index < -0.39 is 20.5 Å². The van der Waals surface area contributed by atoms with Crippen LogP contribution in [0.4, 0.5) is 0 Å². The van der Waals surface area contributed by atoms with Crippen molar-refractivity contribution in [3.05, 3.63) is 58.5 Å². The summed E-state index contributed by atoms with van der Waals surface area (Å²) in [5, 5.41) is 8.86. The largest absolute Gasteiger partial charge is 0.315 e. The van der Waals surface area contributed by atoms with E-state index in [4.69, 9.17) is 5.21 Å². The third-order valence-electron chi connectivity index (χ3n) is 5.09. The van der Waals surface area contributed by atoms with Gasteiger partial charge in [0, 0.05) is 37.0 Å². The van der Waals surface area contributed by atoms with Crippen LogP contribution in [0, 0.1) is 0 Å². The minimum Gasteiger partial charge on any atom is -0.315 e. The molecule has 0 aliphatic heterocycles. The molecule has 0 spiro atoms. The Bertz CT molecular complexity index is 1070. The summed E-state index contributed by atoms with van der Waals surface area (Å²) >= 11 is 0. The van der Waals surface area contributed by atoms with Gasteiger partial charge < -0.3 is 4.57 Å². The van der Waals surface area contributed by atoms with E-state index in [0.717, 1.165) is 11.8 Å². The number of amides is 1. The summed E-state index contributed by atoms with van der Waals surface area (Å²) < 4.78 is 23.5. The van der Waals surface area contributed by atoms with E-state index in [1.165, 1.54) is 29.2 Å². The molecule has 0 bridgehead atoms. The van der Waals surface area contributed by atoms with Gasteiger partial charge in [-0.15, -0.1) is 0 Å². The number of carbonyl (C=O) groups excluding carboxylic acids is 2. The van der Waals surface area contributed by atoms with Crippen molar-refractivity contribution < 1.29 is 23.2 Å². The fraction of sp³-hybridized carbons (Fsp3) is 0.350. The second kappa shape index (κ2) is 8.71. The van der Waals surface area contributed by atoms with Gasteiger partial charge in [-0.05, 0) is 30.5 Å². The SMILES string of the molecule is CCC(=O)c1ccc(-c2ccn(CC[C@](C)(C(=O)NO)S(C)(=O)=O)c(=O)c2)cc1. The fourth-order valence-corrected chi connectivity index (χ4v) is 3.69. The molecule has 0 saturated heterocycles. The summed E-state index contributed by atoms with van der Waals surface area (Å²) in [7, 11) is -3.84. The molecule has 1 aromatic carbocycles. The van der Waals surface area contributed by atoms with Crippen LogP contribution in [0.3, 0.4) is 0 Å². The Morgan fingerprint density at radius 1 is 1.14 bits per heavy atom. The van der Waals surface area contributed by atoms with Crippen molar-refractivity contribution in [3.63, 3.8) is 0 Å². The number of Topliss-reactive ketones (excluding diaryl/α,β-unsaturated/α-hetero) is 1. The van der Waals surface area contributed by atoms with Crippen LogP contribution in [-0.2, 0) is 21.2 Å². The first kappa shape index (κ1) is 22.5. The molecule has 0 radical (unpaired) electrons. The van der Waals surface area contributed by atoms with Gasteiger partial charge in [0.15, 0.2) is 20.4 Å². The number of sulfone groups is 1. The van der Waals surface area contributed by atoms with E-state index in [-0.39, 0.29) is 24.3 Å². The number of carbonyl (C=O) groups is 2. The number of aromatic nitrogens is 1. The van der Waals surface area contributed by atoms with E-state index >= 15 is 0 Å². The molecule has 1 heterocycles. The average Bonchev–Trinajstić information content (AvgIpc) is 2.70. The number of hydrogen-bond donors (Lipinski definition) is 2. The van der Waals surface area contributed by atoms with E-state index in [0.29, 0.717) is 17.5 Å². The zero-order valence-electron chi connectivity index (χ0n) is 16.5. The van der Waals surface area contributed by atoms with E-state index in [2.05, 4.69) is 0 Å². The topological polar surface area (TPSA) is 123 Å². The van der Waals surface area contributed by atoms with Crippen LogP contribution >= 0.6 is 0 Å². The molecule has 0 aliphatic rings. The lowest BCUT2D eigenvalue weighted by Gasteiger charge is -2.25. The van der Waals surface area contributed by atoms with Crippen LogP contribution in [0.15, 0.2) is 47.4 Å². The van der Waals surface area contributed by atoms with Gasteiger partial charge in [-0.3, -0.25) is 19.6 Å². The molecule has 2 N–H and O–H groups in total. The lowest BCUT2D eigenvalue weighted by molar-refractivity contribution is -0.131. The maximum Gasteiger partial charge on any atom is 0.264 e. The Balaban J connectivity index is 2.25. The Morgan fingerprint density at radius 2 is 1.76 bits per heavy atom. The van der Waals surface area contributed by atoms with E-state index in [1.807, 2.05) is 0 Å². The molecule has 8 nitrogen and oxygen atoms in total. The van der Waals surface area contributed by atoms with E-state index in [9.17, 15) is 22.8 Å². The van der Waals surface area contributed by atoms with Gasteiger partial charge in [0.1, 0.15) is 0 Å². The maximum absolute atomic E-state index is 12.5. The normalized spacial score (nSPS) is 13.5. The Kier molecular flexibility index (Phi) is 6.76. The van der Waals surface area contributed by atoms with Crippen LogP contribution in [0.1, 0.15) is 37.0 Å². The smallest absolute Gasteiger partial charge is 0.264 e. The zero-order valence-corrected chi connectivity index (χ0v) is 17.3. The molecule has 29 heavy (non-hydrogen) atoms. The summed E-state index contributed by atoms with van der Waals surface area (Å²) in [6.45, 7) is 2.96. The summed E-state index contributed by atoms with van der Waals surface area (Å²) in [5.74, 6) is -1.01. The number of hydroxylamine groups is 1. The molecule has 156 valence electrons. The monoisotopic (exact) mass is 420 g/mol. The standard InChI is InChI=1S/C20H24N2O6S/c1-4-17(23)15-7-5-14(6-8-15)16-9-11-22(18(24)13-16)12-10-20(2,19(25)21-26)29(3,27)28/h5-9,11,13,26H,4,10,12H2,1-3H3,(H,21,25)/t20-/m1/s1. The van der Waals surface area contributed by atoms with Crippen LogP contribution in [0.25, 0.3) is 11.1 Å². The van der Waals surface area contributed by atoms with E-state index in [1.54, 1.807) is 37.3 Å². The van der Waals surface area contributed by atoms with Gasteiger partial charge in [0.2, 0.25) is 0 Å². The summed E-state index contributed by atoms with van der Waals surface area (Å²) in [6, 6.07) is 10.0. The highest BCUT2D eigenvalue weighted by molar-refractivity contribution is 7.92. The number of benzene rings is 1. The second-order valence-corrected chi connectivity index (χ2v) is 9.44. The van der Waals surface area contributed by atoms with Gasteiger partial charge in [-0.1, -0.05) is 31.2 Å². The number of nitrogens with zero attached hydrogens (tertiary/aromatic N) is 1. The Morgan fingerprint density at radius 3 is 2.24 bits per heavy atom. The molecule has 2 rings (SSSR count). The molecular weight excluding hydrogens is 396 g/mol. The average molecular weight is 420 g/mol.